The first-order valence-corrected chi connectivity index (χ1v) is 7.22. The Hall–Kier alpha value is -0.0800. The van der Waals surface area contributed by atoms with Crippen LogP contribution in [0.2, 0.25) is 0 Å². The zero-order valence-electron chi connectivity index (χ0n) is 11.3. The van der Waals surface area contributed by atoms with Crippen molar-refractivity contribution in [3.63, 3.8) is 0 Å². The molecule has 2 nitrogen and oxygen atoms in total. The molecule has 2 heteroatoms. The zero-order valence-corrected chi connectivity index (χ0v) is 11.3. The molecule has 1 rings (SSSR count). The fourth-order valence-electron chi connectivity index (χ4n) is 2.56. The molecule has 1 aliphatic rings. The molecule has 0 aromatic heterocycles. The quantitative estimate of drug-likeness (QED) is 0.640. The molecule has 1 N–H and O–H groups in total. The summed E-state index contributed by atoms with van der Waals surface area (Å²) in [4.78, 5) is 2.48. The summed E-state index contributed by atoms with van der Waals surface area (Å²) in [6, 6.07) is 0. The number of nitrogens with zero attached hydrogens (tertiary/aromatic N) is 1. The van der Waals surface area contributed by atoms with Crippen molar-refractivity contribution < 1.29 is 0 Å². The van der Waals surface area contributed by atoms with Crippen molar-refractivity contribution in [3.05, 3.63) is 0 Å². The van der Waals surface area contributed by atoms with Crippen molar-refractivity contribution in [1.29, 1.82) is 0 Å². The van der Waals surface area contributed by atoms with Gasteiger partial charge in [0.15, 0.2) is 0 Å². The van der Waals surface area contributed by atoms with Gasteiger partial charge in [0, 0.05) is 13.1 Å². The molecule has 0 atom stereocenters. The summed E-state index contributed by atoms with van der Waals surface area (Å²) in [6.07, 6.45) is 10.1. The Labute approximate surface area is 102 Å². The maximum absolute atomic E-state index is 3.46. The summed E-state index contributed by atoms with van der Waals surface area (Å²) in [5.74, 6) is 1.03. The van der Waals surface area contributed by atoms with E-state index in [1.807, 2.05) is 0 Å². The minimum Gasteiger partial charge on any atom is -0.315 e. The van der Waals surface area contributed by atoms with Gasteiger partial charge in [0.25, 0.3) is 0 Å². The Morgan fingerprint density at radius 3 is 2.50 bits per heavy atom. The van der Waals surface area contributed by atoms with E-state index in [0.29, 0.717) is 0 Å². The van der Waals surface area contributed by atoms with Gasteiger partial charge in [-0.1, -0.05) is 39.0 Å². The van der Waals surface area contributed by atoms with E-state index in [0.717, 1.165) is 19.0 Å². The van der Waals surface area contributed by atoms with E-state index in [1.54, 1.807) is 0 Å². The Morgan fingerprint density at radius 1 is 1.06 bits per heavy atom. The van der Waals surface area contributed by atoms with Crippen LogP contribution < -0.4 is 5.32 Å². The van der Waals surface area contributed by atoms with Crippen LogP contribution in [0, 0.1) is 5.92 Å². The predicted molar refractivity (Wildman–Crippen MR) is 71.8 cm³/mol. The van der Waals surface area contributed by atoms with E-state index < -0.39 is 0 Å². The highest BCUT2D eigenvalue weighted by Gasteiger charge is 2.13. The average Bonchev–Trinajstić information content (AvgIpc) is 2.33. The number of nitrogens with one attached hydrogen (secondary N) is 1. The summed E-state index contributed by atoms with van der Waals surface area (Å²) in [5, 5.41) is 3.46. The molecule has 1 saturated carbocycles. The molecule has 96 valence electrons. The van der Waals surface area contributed by atoms with Gasteiger partial charge in [0.05, 0.1) is 0 Å². The molecule has 0 heterocycles. The molecule has 1 aliphatic carbocycles. The molecule has 0 bridgehead atoms. The summed E-state index contributed by atoms with van der Waals surface area (Å²) in [7, 11) is 2.26. The lowest BCUT2D eigenvalue weighted by Gasteiger charge is -2.24. The van der Waals surface area contributed by atoms with Crippen LogP contribution in [-0.2, 0) is 0 Å². The molecule has 0 unspecified atom stereocenters. The third-order valence-corrected chi connectivity index (χ3v) is 3.74. The lowest BCUT2D eigenvalue weighted by molar-refractivity contribution is 0.265. The van der Waals surface area contributed by atoms with Gasteiger partial charge in [-0.25, -0.2) is 0 Å². The van der Waals surface area contributed by atoms with Gasteiger partial charge in [-0.15, -0.1) is 0 Å². The molecule has 0 aromatic rings. The van der Waals surface area contributed by atoms with E-state index in [2.05, 4.69) is 24.2 Å². The highest BCUT2D eigenvalue weighted by atomic mass is 15.1. The van der Waals surface area contributed by atoms with Crippen LogP contribution in [0.1, 0.15) is 51.9 Å². The summed E-state index contributed by atoms with van der Waals surface area (Å²) < 4.78 is 0. The zero-order chi connectivity index (χ0) is 11.6. The molecule has 0 aliphatic heterocycles. The third kappa shape index (κ3) is 6.49. The highest BCUT2D eigenvalue weighted by molar-refractivity contribution is 4.67. The van der Waals surface area contributed by atoms with Gasteiger partial charge in [-0.3, -0.25) is 0 Å². The monoisotopic (exact) mass is 226 g/mol. The predicted octanol–water partition coefficient (Wildman–Crippen LogP) is 2.89. The van der Waals surface area contributed by atoms with Gasteiger partial charge in [0.1, 0.15) is 0 Å². The van der Waals surface area contributed by atoms with Gasteiger partial charge in [0.2, 0.25) is 0 Å². The summed E-state index contributed by atoms with van der Waals surface area (Å²) in [5.41, 5.74) is 0. The molecule has 0 saturated heterocycles. The van der Waals surface area contributed by atoms with Crippen molar-refractivity contribution in [2.75, 3.05) is 33.2 Å². The summed E-state index contributed by atoms with van der Waals surface area (Å²) in [6.45, 7) is 7.02. The van der Waals surface area contributed by atoms with Gasteiger partial charge >= 0.3 is 0 Å². The topological polar surface area (TPSA) is 15.3 Å². The Bertz CT molecular complexity index is 153. The van der Waals surface area contributed by atoms with Gasteiger partial charge in [-0.2, -0.15) is 0 Å². The number of rotatable bonds is 8. The van der Waals surface area contributed by atoms with E-state index in [4.69, 9.17) is 0 Å². The first kappa shape index (κ1) is 14.0. The van der Waals surface area contributed by atoms with Crippen LogP contribution in [0.5, 0.6) is 0 Å². The maximum Gasteiger partial charge on any atom is 0.0104 e. The normalized spacial score (nSPS) is 18.2. The van der Waals surface area contributed by atoms with Crippen LogP contribution in [0.25, 0.3) is 0 Å². The molecule has 0 aromatic carbocycles. The Morgan fingerprint density at radius 2 is 1.81 bits per heavy atom. The van der Waals surface area contributed by atoms with Crippen molar-refractivity contribution in [3.8, 4) is 0 Å². The van der Waals surface area contributed by atoms with E-state index in [9.17, 15) is 0 Å². The van der Waals surface area contributed by atoms with E-state index in [1.165, 1.54) is 58.0 Å². The van der Waals surface area contributed by atoms with Crippen LogP contribution in [0.15, 0.2) is 0 Å². The minimum atomic E-state index is 1.03. The van der Waals surface area contributed by atoms with Crippen molar-refractivity contribution in [2.45, 2.75) is 51.9 Å². The van der Waals surface area contributed by atoms with Gasteiger partial charge in [-0.05, 0) is 38.9 Å². The molecule has 0 spiro atoms. The lowest BCUT2D eigenvalue weighted by Crippen LogP contribution is -2.31. The second kappa shape index (κ2) is 9.00. The SMILES string of the molecule is CCCNCCN(C)CCC1CCCCC1. The number of hydrogen-bond acceptors (Lipinski definition) is 2. The smallest absolute Gasteiger partial charge is 0.0104 e. The lowest BCUT2D eigenvalue weighted by atomic mass is 9.87. The molecule has 16 heavy (non-hydrogen) atoms. The van der Waals surface area contributed by atoms with Crippen molar-refractivity contribution in [2.24, 2.45) is 5.92 Å². The molecular weight excluding hydrogens is 196 g/mol. The minimum absolute atomic E-state index is 1.03. The fourth-order valence-corrected chi connectivity index (χ4v) is 2.56. The van der Waals surface area contributed by atoms with Crippen LogP contribution in [-0.4, -0.2) is 38.1 Å². The fraction of sp³-hybridized carbons (Fsp3) is 1.00. The molecule has 1 fully saturated rings. The third-order valence-electron chi connectivity index (χ3n) is 3.74. The largest absolute Gasteiger partial charge is 0.315 e. The second-order valence-corrected chi connectivity index (χ2v) is 5.35. The molecular formula is C14H30N2. The van der Waals surface area contributed by atoms with E-state index in [-0.39, 0.29) is 0 Å². The maximum atomic E-state index is 3.46. The first-order chi connectivity index (χ1) is 7.83. The highest BCUT2D eigenvalue weighted by Crippen LogP contribution is 2.26. The molecule has 0 radical (unpaired) electrons. The van der Waals surface area contributed by atoms with Crippen LogP contribution >= 0.6 is 0 Å². The summed E-state index contributed by atoms with van der Waals surface area (Å²) >= 11 is 0. The Balaban J connectivity index is 1.94. The van der Waals surface area contributed by atoms with Crippen LogP contribution in [0.3, 0.4) is 0 Å². The first-order valence-electron chi connectivity index (χ1n) is 7.22. The van der Waals surface area contributed by atoms with Crippen LogP contribution in [0.4, 0.5) is 0 Å². The average molecular weight is 226 g/mol. The molecule has 0 amide bonds. The second-order valence-electron chi connectivity index (χ2n) is 5.35. The standard InChI is InChI=1S/C14H30N2/c1-3-10-15-11-13-16(2)12-9-14-7-5-4-6-8-14/h14-15H,3-13H2,1-2H3. The number of hydrogen-bond donors (Lipinski definition) is 1. The van der Waals surface area contributed by atoms with Crippen molar-refractivity contribution >= 4 is 0 Å². The Kier molecular flexibility index (Phi) is 7.87. The number of likely N-dealkylation sites (N-methyl/N-ethyl adjacent to an activating group) is 1. The van der Waals surface area contributed by atoms with Gasteiger partial charge < -0.3 is 10.2 Å². The van der Waals surface area contributed by atoms with E-state index >= 15 is 0 Å². The van der Waals surface area contributed by atoms with Crippen molar-refractivity contribution in [1.82, 2.24) is 10.2 Å².